The zero-order valence-electron chi connectivity index (χ0n) is 15.2. The highest BCUT2D eigenvalue weighted by atomic mass is 16.3. The van der Waals surface area contributed by atoms with Gasteiger partial charge in [0.25, 0.3) is 5.91 Å². The van der Waals surface area contributed by atoms with E-state index in [1.807, 2.05) is 0 Å². The average molecular weight is 356 g/mol. The Kier molecular flexibility index (Phi) is 4.63. The van der Waals surface area contributed by atoms with Gasteiger partial charge in [0.1, 0.15) is 5.75 Å². The number of amides is 2. The van der Waals surface area contributed by atoms with Gasteiger partial charge in [-0.2, -0.15) is 0 Å². The number of phenolic OH excluding ortho intramolecular Hbond substituents is 1. The van der Waals surface area contributed by atoms with E-state index in [0.29, 0.717) is 19.5 Å². The van der Waals surface area contributed by atoms with Crippen LogP contribution in [0.15, 0.2) is 24.3 Å². The Morgan fingerprint density at radius 2 is 1.54 bits per heavy atom. The van der Waals surface area contributed by atoms with Crippen LogP contribution in [0.5, 0.6) is 5.75 Å². The van der Waals surface area contributed by atoms with Crippen LogP contribution in [-0.2, 0) is 4.79 Å². The molecule has 0 heterocycles. The summed E-state index contributed by atoms with van der Waals surface area (Å²) in [5, 5.41) is 15.4. The zero-order valence-corrected chi connectivity index (χ0v) is 15.2. The van der Waals surface area contributed by atoms with E-state index in [1.54, 1.807) is 18.2 Å². The van der Waals surface area contributed by atoms with Gasteiger partial charge in [0, 0.05) is 19.5 Å². The first kappa shape index (κ1) is 17.4. The van der Waals surface area contributed by atoms with Crippen molar-refractivity contribution in [1.29, 1.82) is 0 Å². The van der Waals surface area contributed by atoms with E-state index in [1.165, 1.54) is 44.6 Å². The van der Waals surface area contributed by atoms with Crippen molar-refractivity contribution in [3.8, 4) is 5.75 Å². The Morgan fingerprint density at radius 1 is 0.962 bits per heavy atom. The smallest absolute Gasteiger partial charge is 0.255 e. The maximum Gasteiger partial charge on any atom is 0.255 e. The van der Waals surface area contributed by atoms with Gasteiger partial charge in [-0.15, -0.1) is 0 Å². The monoisotopic (exact) mass is 356 g/mol. The van der Waals surface area contributed by atoms with Crippen molar-refractivity contribution < 1.29 is 14.7 Å². The highest BCUT2D eigenvalue weighted by Crippen LogP contribution is 2.61. The average Bonchev–Trinajstić information content (AvgIpc) is 2.57. The molecule has 26 heavy (non-hydrogen) atoms. The van der Waals surface area contributed by atoms with Gasteiger partial charge < -0.3 is 15.7 Å². The highest BCUT2D eigenvalue weighted by Gasteiger charge is 2.51. The summed E-state index contributed by atoms with van der Waals surface area (Å²) in [6.07, 6.45) is 8.50. The number of carbonyl (C=O) groups excluding carboxylic acids is 2. The summed E-state index contributed by atoms with van der Waals surface area (Å²) < 4.78 is 0. The Labute approximate surface area is 154 Å². The molecule has 3 N–H and O–H groups in total. The SMILES string of the molecule is O=C(CC12CC3CC(CC(C3)C1)C2)NCCNC(=O)c1ccccc1O. The van der Waals surface area contributed by atoms with Gasteiger partial charge in [0.05, 0.1) is 5.56 Å². The molecule has 0 atom stereocenters. The summed E-state index contributed by atoms with van der Waals surface area (Å²) in [6, 6.07) is 6.46. The second-order valence-electron chi connectivity index (χ2n) is 8.72. The number of phenols is 1. The summed E-state index contributed by atoms with van der Waals surface area (Å²) >= 11 is 0. The van der Waals surface area contributed by atoms with Gasteiger partial charge in [0.2, 0.25) is 5.91 Å². The predicted octanol–water partition coefficient (Wildman–Crippen LogP) is 2.84. The molecule has 140 valence electrons. The third-order valence-electron chi connectivity index (χ3n) is 6.58. The van der Waals surface area contributed by atoms with Crippen LogP contribution < -0.4 is 10.6 Å². The van der Waals surface area contributed by atoms with Gasteiger partial charge >= 0.3 is 0 Å². The first-order valence-corrected chi connectivity index (χ1v) is 9.86. The topological polar surface area (TPSA) is 78.4 Å². The lowest BCUT2D eigenvalue weighted by molar-refractivity contribution is -0.129. The quantitative estimate of drug-likeness (QED) is 0.686. The van der Waals surface area contributed by atoms with Crippen molar-refractivity contribution in [2.24, 2.45) is 23.2 Å². The summed E-state index contributed by atoms with van der Waals surface area (Å²) in [4.78, 5) is 24.5. The minimum atomic E-state index is -0.321. The molecule has 4 aliphatic rings. The molecule has 2 amide bonds. The van der Waals surface area contributed by atoms with Crippen LogP contribution >= 0.6 is 0 Å². The van der Waals surface area contributed by atoms with Gasteiger partial charge in [-0.1, -0.05) is 12.1 Å². The van der Waals surface area contributed by atoms with Gasteiger partial charge in [0.15, 0.2) is 0 Å². The lowest BCUT2D eigenvalue weighted by Crippen LogP contribution is -2.48. The van der Waals surface area contributed by atoms with Crippen molar-refractivity contribution in [2.45, 2.75) is 44.9 Å². The number of hydrogen-bond donors (Lipinski definition) is 3. The first-order chi connectivity index (χ1) is 12.5. The van der Waals surface area contributed by atoms with Crippen LogP contribution in [0, 0.1) is 23.2 Å². The van der Waals surface area contributed by atoms with E-state index in [0.717, 1.165) is 17.8 Å². The molecule has 5 nitrogen and oxygen atoms in total. The van der Waals surface area contributed by atoms with Gasteiger partial charge in [-0.3, -0.25) is 9.59 Å². The molecule has 1 aromatic carbocycles. The molecule has 5 heteroatoms. The molecule has 0 unspecified atom stereocenters. The Hall–Kier alpha value is -2.04. The zero-order chi connectivity index (χ0) is 18.1. The minimum absolute atomic E-state index is 0.0316. The van der Waals surface area contributed by atoms with Crippen molar-refractivity contribution in [2.75, 3.05) is 13.1 Å². The van der Waals surface area contributed by atoms with E-state index < -0.39 is 0 Å². The highest BCUT2D eigenvalue weighted by molar-refractivity contribution is 5.96. The minimum Gasteiger partial charge on any atom is -0.507 e. The number of nitrogens with one attached hydrogen (secondary N) is 2. The van der Waals surface area contributed by atoms with Crippen molar-refractivity contribution in [3.05, 3.63) is 29.8 Å². The predicted molar refractivity (Wildman–Crippen MR) is 98.7 cm³/mol. The molecule has 4 aliphatic carbocycles. The fourth-order valence-corrected chi connectivity index (χ4v) is 6.05. The molecule has 4 saturated carbocycles. The number of para-hydroxylation sites is 1. The van der Waals surface area contributed by atoms with E-state index in [4.69, 9.17) is 0 Å². The third-order valence-corrected chi connectivity index (χ3v) is 6.58. The molecule has 4 fully saturated rings. The van der Waals surface area contributed by atoms with Crippen LogP contribution in [0.2, 0.25) is 0 Å². The summed E-state index contributed by atoms with van der Waals surface area (Å²) in [7, 11) is 0. The summed E-state index contributed by atoms with van der Waals surface area (Å²) in [5.74, 6) is 2.32. The fraction of sp³-hybridized carbons (Fsp3) is 0.619. The molecular weight excluding hydrogens is 328 g/mol. The van der Waals surface area contributed by atoms with Crippen LogP contribution in [0.1, 0.15) is 55.3 Å². The standard InChI is InChI=1S/C21H28N2O3/c24-18-4-2-1-3-17(18)20(26)23-6-5-22-19(25)13-21-10-14-7-15(11-21)9-16(8-14)12-21/h1-4,14-16,24H,5-13H2,(H,22,25)(H,23,26). The number of carbonyl (C=O) groups is 2. The molecule has 0 saturated heterocycles. The van der Waals surface area contributed by atoms with Crippen LogP contribution in [-0.4, -0.2) is 30.0 Å². The van der Waals surface area contributed by atoms with E-state index in [-0.39, 0.29) is 28.5 Å². The maximum absolute atomic E-state index is 12.4. The second kappa shape index (κ2) is 6.93. The van der Waals surface area contributed by atoms with Crippen LogP contribution in [0.25, 0.3) is 0 Å². The Morgan fingerprint density at radius 3 is 2.15 bits per heavy atom. The molecule has 5 rings (SSSR count). The fourth-order valence-electron chi connectivity index (χ4n) is 6.05. The first-order valence-electron chi connectivity index (χ1n) is 9.86. The molecule has 4 bridgehead atoms. The van der Waals surface area contributed by atoms with Gasteiger partial charge in [-0.25, -0.2) is 0 Å². The number of hydrogen-bond acceptors (Lipinski definition) is 3. The van der Waals surface area contributed by atoms with E-state index >= 15 is 0 Å². The molecule has 0 spiro atoms. The molecule has 0 aromatic heterocycles. The number of benzene rings is 1. The van der Waals surface area contributed by atoms with E-state index in [9.17, 15) is 14.7 Å². The van der Waals surface area contributed by atoms with Crippen molar-refractivity contribution in [1.82, 2.24) is 10.6 Å². The van der Waals surface area contributed by atoms with Crippen LogP contribution in [0.4, 0.5) is 0 Å². The second-order valence-corrected chi connectivity index (χ2v) is 8.72. The van der Waals surface area contributed by atoms with Crippen molar-refractivity contribution in [3.63, 3.8) is 0 Å². The third kappa shape index (κ3) is 3.57. The normalized spacial score (nSPS) is 31.6. The number of aromatic hydroxyl groups is 1. The Balaban J connectivity index is 1.21. The van der Waals surface area contributed by atoms with E-state index in [2.05, 4.69) is 10.6 Å². The molecule has 1 aromatic rings. The van der Waals surface area contributed by atoms with Crippen LogP contribution in [0.3, 0.4) is 0 Å². The number of rotatable bonds is 6. The summed E-state index contributed by atoms with van der Waals surface area (Å²) in [6.45, 7) is 0.782. The lowest BCUT2D eigenvalue weighted by atomic mass is 9.49. The molecule has 0 aliphatic heterocycles. The van der Waals surface area contributed by atoms with Gasteiger partial charge in [-0.05, 0) is 73.8 Å². The van der Waals surface area contributed by atoms with Crippen molar-refractivity contribution >= 4 is 11.8 Å². The summed E-state index contributed by atoms with van der Waals surface area (Å²) in [5.41, 5.74) is 0.505. The largest absolute Gasteiger partial charge is 0.507 e. The molecular formula is C21H28N2O3. The molecule has 0 radical (unpaired) electrons. The lowest BCUT2D eigenvalue weighted by Gasteiger charge is -2.56. The maximum atomic E-state index is 12.4. The Bertz CT molecular complexity index is 665.